The molecule has 0 spiro atoms. The molecule has 2 heteroatoms. The van der Waals surface area contributed by atoms with E-state index in [0.29, 0.717) is 0 Å². The van der Waals surface area contributed by atoms with Crippen LogP contribution in [-0.2, 0) is 0 Å². The van der Waals surface area contributed by atoms with E-state index in [1.807, 2.05) is 0 Å². The second kappa shape index (κ2) is 6.40. The summed E-state index contributed by atoms with van der Waals surface area (Å²) in [5.74, 6) is 1.02. The van der Waals surface area contributed by atoms with Crippen molar-refractivity contribution >= 4 is 0 Å². The summed E-state index contributed by atoms with van der Waals surface area (Å²) >= 11 is 0. The number of rotatable bonds is 5. The van der Waals surface area contributed by atoms with E-state index in [0.717, 1.165) is 38.0 Å². The second-order valence-electron chi connectivity index (χ2n) is 5.83. The van der Waals surface area contributed by atoms with Crippen LogP contribution >= 0.6 is 0 Å². The van der Waals surface area contributed by atoms with Crippen molar-refractivity contribution in [1.29, 1.82) is 5.26 Å². The Hall–Kier alpha value is -0.550. The first kappa shape index (κ1) is 14.5. The molecule has 1 aliphatic rings. The zero-order valence-corrected chi connectivity index (χ0v) is 11.6. The molecule has 0 aromatic carbocycles. The van der Waals surface area contributed by atoms with Crippen molar-refractivity contribution in [2.24, 2.45) is 17.3 Å². The van der Waals surface area contributed by atoms with E-state index in [2.05, 4.69) is 26.8 Å². The van der Waals surface area contributed by atoms with Gasteiger partial charge in [0, 0.05) is 0 Å². The highest BCUT2D eigenvalue weighted by Crippen LogP contribution is 2.44. The van der Waals surface area contributed by atoms with Crippen LogP contribution in [0.1, 0.15) is 65.7 Å². The van der Waals surface area contributed by atoms with Crippen LogP contribution < -0.4 is 0 Å². The summed E-state index contributed by atoms with van der Waals surface area (Å²) in [5.41, 5.74) is -0.459. The second-order valence-corrected chi connectivity index (χ2v) is 5.83. The normalized spacial score (nSPS) is 32.8. The van der Waals surface area contributed by atoms with Gasteiger partial charge in [-0.25, -0.2) is 0 Å². The molecular formula is C15H27NO. The Morgan fingerprint density at radius 3 is 2.35 bits per heavy atom. The number of aliphatic hydroxyl groups is 1. The van der Waals surface area contributed by atoms with Crippen LogP contribution in [0.3, 0.4) is 0 Å². The van der Waals surface area contributed by atoms with Gasteiger partial charge in [0.05, 0.1) is 17.6 Å². The van der Waals surface area contributed by atoms with E-state index < -0.39 is 11.5 Å². The average Bonchev–Trinajstić information content (AvgIpc) is 2.38. The first-order valence-corrected chi connectivity index (χ1v) is 7.19. The molecule has 1 N–H and O–H groups in total. The lowest BCUT2D eigenvalue weighted by Crippen LogP contribution is -2.41. The molecule has 0 heterocycles. The fourth-order valence-electron chi connectivity index (χ4n) is 3.13. The molecule has 0 aromatic rings. The van der Waals surface area contributed by atoms with Gasteiger partial charge >= 0.3 is 0 Å². The highest BCUT2D eigenvalue weighted by molar-refractivity contribution is 5.06. The molecule has 1 aliphatic carbocycles. The van der Waals surface area contributed by atoms with Crippen molar-refractivity contribution in [2.45, 2.75) is 71.8 Å². The van der Waals surface area contributed by atoms with E-state index >= 15 is 0 Å². The lowest BCUT2D eigenvalue weighted by molar-refractivity contribution is -0.0119. The van der Waals surface area contributed by atoms with Gasteiger partial charge in [0.25, 0.3) is 0 Å². The summed E-state index contributed by atoms with van der Waals surface area (Å²) in [6.07, 6.45) is 7.03. The van der Waals surface area contributed by atoms with Crippen molar-refractivity contribution in [1.82, 2.24) is 0 Å². The Morgan fingerprint density at radius 1 is 1.35 bits per heavy atom. The van der Waals surface area contributed by atoms with Gasteiger partial charge in [-0.1, -0.05) is 40.0 Å². The molecule has 98 valence electrons. The number of nitrogens with zero attached hydrogens (tertiary/aromatic N) is 1. The molecule has 1 saturated carbocycles. The molecule has 0 aromatic heterocycles. The Balaban J connectivity index is 2.64. The van der Waals surface area contributed by atoms with E-state index in [9.17, 15) is 10.4 Å². The van der Waals surface area contributed by atoms with Crippen LogP contribution in [0.2, 0.25) is 0 Å². The predicted molar refractivity (Wildman–Crippen MR) is 70.4 cm³/mol. The number of nitriles is 1. The van der Waals surface area contributed by atoms with Gasteiger partial charge < -0.3 is 5.11 Å². The van der Waals surface area contributed by atoms with E-state index in [1.165, 1.54) is 12.8 Å². The summed E-state index contributed by atoms with van der Waals surface area (Å²) in [5, 5.41) is 19.8. The topological polar surface area (TPSA) is 44.0 Å². The van der Waals surface area contributed by atoms with Gasteiger partial charge in [-0.15, -0.1) is 0 Å². The van der Waals surface area contributed by atoms with Crippen LogP contribution in [0.4, 0.5) is 0 Å². The summed E-state index contributed by atoms with van der Waals surface area (Å²) in [6.45, 7) is 6.36. The van der Waals surface area contributed by atoms with Crippen LogP contribution in [0.25, 0.3) is 0 Å². The average molecular weight is 237 g/mol. The van der Waals surface area contributed by atoms with E-state index in [4.69, 9.17) is 0 Å². The van der Waals surface area contributed by atoms with Gasteiger partial charge in [-0.3, -0.25) is 0 Å². The molecule has 2 nitrogen and oxygen atoms in total. The first-order valence-electron chi connectivity index (χ1n) is 7.19. The molecule has 2 atom stereocenters. The Morgan fingerprint density at radius 2 is 1.94 bits per heavy atom. The maximum atomic E-state index is 10.4. The first-order chi connectivity index (χ1) is 8.09. The van der Waals surface area contributed by atoms with E-state index in [-0.39, 0.29) is 5.92 Å². The highest BCUT2D eigenvalue weighted by atomic mass is 16.3. The van der Waals surface area contributed by atoms with Gasteiger partial charge in [0.15, 0.2) is 0 Å². The SMILES string of the molecule is CCCC1CCC(C#N)(C(O)C(C)CC)CC1. The number of hydrogen-bond donors (Lipinski definition) is 1. The number of hydrogen-bond acceptors (Lipinski definition) is 2. The van der Waals surface area contributed by atoms with Crippen LogP contribution in [-0.4, -0.2) is 11.2 Å². The van der Waals surface area contributed by atoms with E-state index in [1.54, 1.807) is 0 Å². The standard InChI is InChI=1S/C15H27NO/c1-4-6-13-7-9-15(11-16,10-8-13)14(17)12(3)5-2/h12-14,17H,4-10H2,1-3H3. The van der Waals surface area contributed by atoms with Crippen molar-refractivity contribution in [3.63, 3.8) is 0 Å². The smallest absolute Gasteiger partial charge is 0.0835 e. The quantitative estimate of drug-likeness (QED) is 0.788. The van der Waals surface area contributed by atoms with Gasteiger partial charge in [0.1, 0.15) is 0 Å². The molecule has 0 saturated heterocycles. The van der Waals surface area contributed by atoms with Crippen LogP contribution in [0.5, 0.6) is 0 Å². The summed E-state index contributed by atoms with van der Waals surface area (Å²) in [7, 11) is 0. The van der Waals surface area contributed by atoms with Gasteiger partial charge in [-0.2, -0.15) is 5.26 Å². The molecule has 0 amide bonds. The molecule has 1 rings (SSSR count). The molecule has 1 fully saturated rings. The fourth-order valence-corrected chi connectivity index (χ4v) is 3.13. The molecule has 2 unspecified atom stereocenters. The molecular weight excluding hydrogens is 210 g/mol. The maximum absolute atomic E-state index is 10.4. The zero-order chi connectivity index (χ0) is 12.9. The van der Waals surface area contributed by atoms with Crippen LogP contribution in [0, 0.1) is 28.6 Å². The van der Waals surface area contributed by atoms with Crippen molar-refractivity contribution < 1.29 is 5.11 Å². The minimum absolute atomic E-state index is 0.234. The van der Waals surface area contributed by atoms with Gasteiger partial charge in [0.2, 0.25) is 0 Å². The van der Waals surface area contributed by atoms with Crippen molar-refractivity contribution in [2.75, 3.05) is 0 Å². The Bertz CT molecular complexity index is 261. The molecule has 17 heavy (non-hydrogen) atoms. The lowest BCUT2D eigenvalue weighted by Gasteiger charge is -2.40. The third-order valence-corrected chi connectivity index (χ3v) is 4.67. The fraction of sp³-hybridized carbons (Fsp3) is 0.933. The summed E-state index contributed by atoms with van der Waals surface area (Å²) < 4.78 is 0. The molecule has 0 radical (unpaired) electrons. The lowest BCUT2D eigenvalue weighted by atomic mass is 9.65. The monoisotopic (exact) mass is 237 g/mol. The minimum atomic E-state index is -0.459. The minimum Gasteiger partial charge on any atom is -0.391 e. The maximum Gasteiger partial charge on any atom is 0.0835 e. The largest absolute Gasteiger partial charge is 0.391 e. The van der Waals surface area contributed by atoms with Crippen molar-refractivity contribution in [3.8, 4) is 6.07 Å². The van der Waals surface area contributed by atoms with Gasteiger partial charge in [-0.05, 0) is 37.5 Å². The Kier molecular flexibility index (Phi) is 5.46. The third-order valence-electron chi connectivity index (χ3n) is 4.67. The zero-order valence-electron chi connectivity index (χ0n) is 11.6. The van der Waals surface area contributed by atoms with Crippen LogP contribution in [0.15, 0.2) is 0 Å². The summed E-state index contributed by atoms with van der Waals surface area (Å²) in [4.78, 5) is 0. The Labute approximate surface area is 106 Å². The third kappa shape index (κ3) is 3.22. The summed E-state index contributed by atoms with van der Waals surface area (Å²) in [6, 6.07) is 2.45. The molecule has 0 bridgehead atoms. The molecule has 0 aliphatic heterocycles. The van der Waals surface area contributed by atoms with Crippen molar-refractivity contribution in [3.05, 3.63) is 0 Å². The highest BCUT2D eigenvalue weighted by Gasteiger charge is 2.43. The number of aliphatic hydroxyl groups excluding tert-OH is 1. The predicted octanol–water partition coefficient (Wildman–Crippen LogP) is 3.89.